The highest BCUT2D eigenvalue weighted by Crippen LogP contribution is 2.22. The molecule has 2 aromatic rings. The Labute approximate surface area is 144 Å². The van der Waals surface area contributed by atoms with Crippen molar-refractivity contribution in [3.8, 4) is 5.69 Å². The molecule has 8 nitrogen and oxygen atoms in total. The molecule has 0 bridgehead atoms. The molecule has 128 valence electrons. The highest BCUT2D eigenvalue weighted by molar-refractivity contribution is 5.92. The zero-order valence-electron chi connectivity index (χ0n) is 12.9. The molecule has 1 atom stereocenters. The fourth-order valence-corrected chi connectivity index (χ4v) is 2.74. The van der Waals surface area contributed by atoms with Gasteiger partial charge in [0.25, 0.3) is 11.6 Å². The minimum Gasteiger partial charge on any atom is -0.336 e. The van der Waals surface area contributed by atoms with Crippen molar-refractivity contribution in [2.45, 2.75) is 18.9 Å². The number of nitrogens with two attached hydrogens (primary N) is 1. The van der Waals surface area contributed by atoms with Crippen molar-refractivity contribution in [1.82, 2.24) is 14.7 Å². The monoisotopic (exact) mass is 351 g/mol. The van der Waals surface area contributed by atoms with Crippen LogP contribution in [-0.2, 0) is 0 Å². The number of aromatic nitrogens is 2. The van der Waals surface area contributed by atoms with Gasteiger partial charge in [0, 0.05) is 31.4 Å². The van der Waals surface area contributed by atoms with E-state index in [1.54, 1.807) is 35.4 Å². The van der Waals surface area contributed by atoms with Crippen LogP contribution in [0.5, 0.6) is 0 Å². The topological polar surface area (TPSA) is 107 Å². The molecule has 0 radical (unpaired) electrons. The third-order valence-electron chi connectivity index (χ3n) is 3.88. The Morgan fingerprint density at radius 1 is 1.33 bits per heavy atom. The molecule has 0 spiro atoms. The summed E-state index contributed by atoms with van der Waals surface area (Å²) >= 11 is 0. The highest BCUT2D eigenvalue weighted by Gasteiger charge is 2.24. The first kappa shape index (κ1) is 17.9. The Bertz CT molecular complexity index is 748. The molecular formula is C15H18ClN5O3. The molecule has 1 aromatic carbocycles. The number of nitrogens with zero attached hydrogens (tertiary/aromatic N) is 4. The zero-order valence-corrected chi connectivity index (χ0v) is 13.7. The van der Waals surface area contributed by atoms with Crippen LogP contribution < -0.4 is 5.73 Å². The lowest BCUT2D eigenvalue weighted by Crippen LogP contribution is -2.45. The van der Waals surface area contributed by atoms with Crippen LogP contribution in [0, 0.1) is 10.1 Å². The minimum absolute atomic E-state index is 0. The Kier molecular flexibility index (Phi) is 5.53. The standard InChI is InChI=1S/C15H17N5O3.ClH/c16-11-4-3-8-18(10-11)15(21)12-7-9-19(17-12)13-5-1-2-6-14(13)20(22)23;/h1-2,5-7,9,11H,3-4,8,10,16H2;1H. The highest BCUT2D eigenvalue weighted by atomic mass is 35.5. The average molecular weight is 352 g/mol. The number of hydrogen-bond donors (Lipinski definition) is 1. The Balaban J connectivity index is 0.00000208. The number of carbonyl (C=O) groups excluding carboxylic acids is 1. The van der Waals surface area contributed by atoms with Crippen LogP contribution in [0.4, 0.5) is 5.69 Å². The van der Waals surface area contributed by atoms with E-state index in [-0.39, 0.29) is 35.7 Å². The lowest BCUT2D eigenvalue weighted by Gasteiger charge is -2.30. The summed E-state index contributed by atoms with van der Waals surface area (Å²) in [5.41, 5.74) is 6.42. The maximum absolute atomic E-state index is 12.5. The molecule has 1 aliphatic rings. The number of halogens is 1. The molecule has 2 heterocycles. The molecule has 1 saturated heterocycles. The Morgan fingerprint density at radius 3 is 2.79 bits per heavy atom. The predicted octanol–water partition coefficient (Wildman–Crippen LogP) is 1.77. The lowest BCUT2D eigenvalue weighted by molar-refractivity contribution is -0.384. The summed E-state index contributed by atoms with van der Waals surface area (Å²) in [7, 11) is 0. The van der Waals surface area contributed by atoms with Gasteiger partial charge in [-0.05, 0) is 25.0 Å². The molecule has 1 amide bonds. The van der Waals surface area contributed by atoms with E-state index in [4.69, 9.17) is 5.73 Å². The van der Waals surface area contributed by atoms with Crippen molar-refractivity contribution in [2.75, 3.05) is 13.1 Å². The number of amides is 1. The van der Waals surface area contributed by atoms with Gasteiger partial charge in [-0.25, -0.2) is 4.68 Å². The summed E-state index contributed by atoms with van der Waals surface area (Å²) in [4.78, 5) is 24.8. The van der Waals surface area contributed by atoms with E-state index in [9.17, 15) is 14.9 Å². The van der Waals surface area contributed by atoms with E-state index < -0.39 is 4.92 Å². The Hall–Kier alpha value is -2.45. The first-order valence-electron chi connectivity index (χ1n) is 7.40. The molecule has 2 N–H and O–H groups in total. The van der Waals surface area contributed by atoms with E-state index in [2.05, 4.69) is 5.10 Å². The molecule has 0 aliphatic carbocycles. The fourth-order valence-electron chi connectivity index (χ4n) is 2.74. The van der Waals surface area contributed by atoms with E-state index in [1.807, 2.05) is 0 Å². The smallest absolute Gasteiger partial charge is 0.294 e. The fraction of sp³-hybridized carbons (Fsp3) is 0.333. The van der Waals surface area contributed by atoms with Crippen LogP contribution in [0.25, 0.3) is 5.69 Å². The van der Waals surface area contributed by atoms with Gasteiger partial charge < -0.3 is 10.6 Å². The molecule has 3 rings (SSSR count). The van der Waals surface area contributed by atoms with Gasteiger partial charge in [0.05, 0.1) is 4.92 Å². The summed E-state index contributed by atoms with van der Waals surface area (Å²) in [6.07, 6.45) is 3.34. The van der Waals surface area contributed by atoms with Gasteiger partial charge in [-0.2, -0.15) is 5.10 Å². The van der Waals surface area contributed by atoms with Crippen LogP contribution in [-0.4, -0.2) is 44.6 Å². The van der Waals surface area contributed by atoms with Crippen molar-refractivity contribution < 1.29 is 9.72 Å². The van der Waals surface area contributed by atoms with Crippen molar-refractivity contribution >= 4 is 24.0 Å². The maximum atomic E-state index is 12.5. The normalized spacial score (nSPS) is 17.2. The molecule has 24 heavy (non-hydrogen) atoms. The lowest BCUT2D eigenvalue weighted by atomic mass is 10.1. The number of likely N-dealkylation sites (tertiary alicyclic amines) is 1. The quantitative estimate of drug-likeness (QED) is 0.669. The van der Waals surface area contributed by atoms with Crippen molar-refractivity contribution in [3.05, 3.63) is 52.3 Å². The third-order valence-corrected chi connectivity index (χ3v) is 3.88. The first-order valence-corrected chi connectivity index (χ1v) is 7.40. The molecule has 1 aromatic heterocycles. The van der Waals surface area contributed by atoms with Gasteiger partial charge in [0.2, 0.25) is 0 Å². The second-order valence-corrected chi connectivity index (χ2v) is 5.54. The number of piperidine rings is 1. The number of nitro benzene ring substituents is 1. The third kappa shape index (κ3) is 3.55. The number of para-hydroxylation sites is 2. The van der Waals surface area contributed by atoms with Crippen LogP contribution >= 0.6 is 12.4 Å². The summed E-state index contributed by atoms with van der Waals surface area (Å²) in [5.74, 6) is -0.197. The van der Waals surface area contributed by atoms with E-state index in [1.165, 1.54) is 10.7 Å². The van der Waals surface area contributed by atoms with Gasteiger partial charge >= 0.3 is 0 Å². The Morgan fingerprint density at radius 2 is 2.08 bits per heavy atom. The number of nitro groups is 1. The number of rotatable bonds is 3. The summed E-state index contributed by atoms with van der Waals surface area (Å²) in [5, 5.41) is 15.3. The van der Waals surface area contributed by atoms with Gasteiger partial charge in [-0.3, -0.25) is 14.9 Å². The van der Waals surface area contributed by atoms with Crippen molar-refractivity contribution in [3.63, 3.8) is 0 Å². The van der Waals surface area contributed by atoms with Crippen molar-refractivity contribution in [1.29, 1.82) is 0 Å². The molecule has 1 aliphatic heterocycles. The van der Waals surface area contributed by atoms with E-state index >= 15 is 0 Å². The van der Waals surface area contributed by atoms with Crippen LogP contribution in [0.1, 0.15) is 23.3 Å². The van der Waals surface area contributed by atoms with Crippen LogP contribution in [0.2, 0.25) is 0 Å². The number of carbonyl (C=O) groups is 1. The number of hydrogen-bond acceptors (Lipinski definition) is 5. The van der Waals surface area contributed by atoms with Crippen LogP contribution in [0.15, 0.2) is 36.5 Å². The average Bonchev–Trinajstić information content (AvgIpc) is 3.04. The number of benzene rings is 1. The SMILES string of the molecule is Cl.NC1CCCN(C(=O)c2ccn(-c3ccccc3[N+](=O)[O-])n2)C1. The predicted molar refractivity (Wildman–Crippen MR) is 90.6 cm³/mol. The van der Waals surface area contributed by atoms with Gasteiger partial charge in [-0.1, -0.05) is 12.1 Å². The largest absolute Gasteiger partial charge is 0.336 e. The molecular weight excluding hydrogens is 334 g/mol. The molecule has 1 unspecified atom stereocenters. The minimum atomic E-state index is -0.470. The zero-order chi connectivity index (χ0) is 16.4. The van der Waals surface area contributed by atoms with Crippen molar-refractivity contribution in [2.24, 2.45) is 5.73 Å². The van der Waals surface area contributed by atoms with E-state index in [0.29, 0.717) is 18.8 Å². The molecule has 0 saturated carbocycles. The van der Waals surface area contributed by atoms with Gasteiger partial charge in [0.15, 0.2) is 5.69 Å². The second kappa shape index (κ2) is 7.41. The molecule has 1 fully saturated rings. The van der Waals surface area contributed by atoms with E-state index in [0.717, 1.165) is 12.8 Å². The van der Waals surface area contributed by atoms with Gasteiger partial charge in [0.1, 0.15) is 5.69 Å². The maximum Gasteiger partial charge on any atom is 0.294 e. The van der Waals surface area contributed by atoms with Crippen LogP contribution in [0.3, 0.4) is 0 Å². The van der Waals surface area contributed by atoms with Gasteiger partial charge in [-0.15, -0.1) is 12.4 Å². The second-order valence-electron chi connectivity index (χ2n) is 5.54. The molecule has 9 heteroatoms. The first-order chi connectivity index (χ1) is 11.1. The summed E-state index contributed by atoms with van der Waals surface area (Å²) < 4.78 is 1.36. The summed E-state index contributed by atoms with van der Waals surface area (Å²) in [6, 6.07) is 7.84. The summed E-state index contributed by atoms with van der Waals surface area (Å²) in [6.45, 7) is 1.17.